The van der Waals surface area contributed by atoms with E-state index in [0.29, 0.717) is 12.2 Å². The lowest BCUT2D eigenvalue weighted by Gasteiger charge is -2.34. The minimum Gasteiger partial charge on any atom is -0.338 e. The zero-order valence-corrected chi connectivity index (χ0v) is 13.5. The molecule has 1 fully saturated rings. The third-order valence-electron chi connectivity index (χ3n) is 4.22. The maximum atomic E-state index is 12.1. The van der Waals surface area contributed by atoms with Crippen LogP contribution in [-0.4, -0.2) is 55.6 Å². The van der Waals surface area contributed by atoms with Gasteiger partial charge in [0.15, 0.2) is 5.65 Å². The van der Waals surface area contributed by atoms with Gasteiger partial charge in [0.1, 0.15) is 0 Å². The topological polar surface area (TPSA) is 82.4 Å². The Kier molecular flexibility index (Phi) is 3.73. The summed E-state index contributed by atoms with van der Waals surface area (Å²) in [5.74, 6) is 0.776. The van der Waals surface area contributed by atoms with Gasteiger partial charge in [-0.05, 0) is 13.0 Å². The van der Waals surface area contributed by atoms with Gasteiger partial charge in [-0.25, -0.2) is 19.5 Å². The van der Waals surface area contributed by atoms with E-state index in [1.807, 2.05) is 19.1 Å². The van der Waals surface area contributed by atoms with E-state index in [4.69, 9.17) is 0 Å². The van der Waals surface area contributed by atoms with E-state index in [1.54, 1.807) is 18.5 Å². The SMILES string of the molecule is Cc1cc2nc(CN3CCN(c4ncccn4)CC3)cc(=O)n2[nH]1. The Morgan fingerprint density at radius 3 is 2.62 bits per heavy atom. The van der Waals surface area contributed by atoms with Gasteiger partial charge in [-0.15, -0.1) is 0 Å². The van der Waals surface area contributed by atoms with Crippen LogP contribution in [-0.2, 0) is 6.54 Å². The zero-order chi connectivity index (χ0) is 16.5. The van der Waals surface area contributed by atoms with Gasteiger partial charge in [0.25, 0.3) is 5.56 Å². The minimum atomic E-state index is -0.0700. The maximum Gasteiger partial charge on any atom is 0.272 e. The Balaban J connectivity index is 1.45. The number of piperazine rings is 1. The molecule has 0 amide bonds. The minimum absolute atomic E-state index is 0.0700. The summed E-state index contributed by atoms with van der Waals surface area (Å²) in [6.45, 7) is 6.12. The Hall–Kier alpha value is -2.74. The third-order valence-corrected chi connectivity index (χ3v) is 4.22. The van der Waals surface area contributed by atoms with Crippen LogP contribution in [0.5, 0.6) is 0 Å². The summed E-state index contributed by atoms with van der Waals surface area (Å²) >= 11 is 0. The first-order chi connectivity index (χ1) is 11.7. The van der Waals surface area contributed by atoms with Crippen molar-refractivity contribution in [3.63, 3.8) is 0 Å². The van der Waals surface area contributed by atoms with E-state index in [2.05, 4.69) is 29.9 Å². The first-order valence-corrected chi connectivity index (χ1v) is 8.02. The number of anilines is 1. The molecule has 1 N–H and O–H groups in total. The molecule has 0 bridgehead atoms. The molecule has 0 aromatic carbocycles. The molecule has 0 atom stereocenters. The predicted octanol–water partition coefficient (Wildman–Crippen LogP) is 0.443. The highest BCUT2D eigenvalue weighted by molar-refractivity contribution is 5.39. The van der Waals surface area contributed by atoms with Crippen molar-refractivity contribution in [1.82, 2.24) is 29.5 Å². The number of nitrogens with zero attached hydrogens (tertiary/aromatic N) is 6. The summed E-state index contributed by atoms with van der Waals surface area (Å²) in [7, 11) is 0. The first-order valence-electron chi connectivity index (χ1n) is 8.02. The number of hydrogen-bond acceptors (Lipinski definition) is 6. The normalized spacial score (nSPS) is 16.0. The molecule has 24 heavy (non-hydrogen) atoms. The first kappa shape index (κ1) is 14.8. The van der Waals surface area contributed by atoms with Gasteiger partial charge in [-0.3, -0.25) is 14.8 Å². The fourth-order valence-electron chi connectivity index (χ4n) is 3.03. The fourth-order valence-corrected chi connectivity index (χ4v) is 3.03. The molecular weight excluding hydrogens is 306 g/mol. The van der Waals surface area contributed by atoms with Crippen molar-refractivity contribution in [3.05, 3.63) is 52.3 Å². The Morgan fingerprint density at radius 2 is 1.88 bits per heavy atom. The van der Waals surface area contributed by atoms with E-state index in [1.165, 1.54) is 4.52 Å². The summed E-state index contributed by atoms with van der Waals surface area (Å²) < 4.78 is 1.48. The monoisotopic (exact) mass is 325 g/mol. The number of fused-ring (bicyclic) bond motifs is 1. The zero-order valence-electron chi connectivity index (χ0n) is 13.5. The van der Waals surface area contributed by atoms with Gasteiger partial charge >= 0.3 is 0 Å². The highest BCUT2D eigenvalue weighted by Crippen LogP contribution is 2.11. The van der Waals surface area contributed by atoms with Crippen LogP contribution in [0.4, 0.5) is 5.95 Å². The molecule has 0 saturated carbocycles. The average Bonchev–Trinajstić information content (AvgIpc) is 2.97. The quantitative estimate of drug-likeness (QED) is 0.752. The number of H-pyrrole nitrogens is 1. The molecule has 4 rings (SSSR count). The van der Waals surface area contributed by atoms with Crippen molar-refractivity contribution in [2.75, 3.05) is 31.1 Å². The molecule has 3 aromatic rings. The van der Waals surface area contributed by atoms with E-state index < -0.39 is 0 Å². The van der Waals surface area contributed by atoms with Crippen LogP contribution < -0.4 is 10.5 Å². The second-order valence-electron chi connectivity index (χ2n) is 6.03. The molecule has 0 unspecified atom stereocenters. The summed E-state index contributed by atoms with van der Waals surface area (Å²) in [4.78, 5) is 29.8. The standard InChI is InChI=1S/C16H19N7O/c1-12-9-14-19-13(10-15(24)23(14)20-12)11-21-5-7-22(8-6-21)16-17-3-2-4-18-16/h2-4,9-10,20H,5-8,11H2,1H3. The molecule has 8 nitrogen and oxygen atoms in total. The smallest absolute Gasteiger partial charge is 0.272 e. The molecular formula is C16H19N7O. The second-order valence-corrected chi connectivity index (χ2v) is 6.03. The Morgan fingerprint density at radius 1 is 1.12 bits per heavy atom. The summed E-state index contributed by atoms with van der Waals surface area (Å²) in [5.41, 5.74) is 2.34. The van der Waals surface area contributed by atoms with Gasteiger partial charge in [0.2, 0.25) is 5.95 Å². The molecule has 1 saturated heterocycles. The summed E-state index contributed by atoms with van der Waals surface area (Å²) in [6.07, 6.45) is 3.53. The van der Waals surface area contributed by atoms with Crippen molar-refractivity contribution in [1.29, 1.82) is 0 Å². The van der Waals surface area contributed by atoms with Crippen molar-refractivity contribution < 1.29 is 0 Å². The van der Waals surface area contributed by atoms with Gasteiger partial charge in [-0.2, -0.15) is 0 Å². The highest BCUT2D eigenvalue weighted by atomic mass is 16.1. The van der Waals surface area contributed by atoms with Gasteiger partial charge in [0, 0.05) is 62.9 Å². The van der Waals surface area contributed by atoms with E-state index in [-0.39, 0.29) is 5.56 Å². The molecule has 1 aliphatic heterocycles. The van der Waals surface area contributed by atoms with Crippen LogP contribution in [0.15, 0.2) is 35.4 Å². The highest BCUT2D eigenvalue weighted by Gasteiger charge is 2.19. The lowest BCUT2D eigenvalue weighted by Crippen LogP contribution is -2.46. The summed E-state index contributed by atoms with van der Waals surface area (Å²) in [5, 5.41) is 2.99. The molecule has 1 aliphatic rings. The second kappa shape index (κ2) is 6.04. The van der Waals surface area contributed by atoms with Crippen molar-refractivity contribution in [2.45, 2.75) is 13.5 Å². The molecule has 0 aliphatic carbocycles. The van der Waals surface area contributed by atoms with Crippen molar-refractivity contribution >= 4 is 11.6 Å². The Bertz CT molecular complexity index is 894. The van der Waals surface area contributed by atoms with E-state index in [0.717, 1.165) is 43.5 Å². The summed E-state index contributed by atoms with van der Waals surface area (Å²) in [6, 6.07) is 5.31. The van der Waals surface area contributed by atoms with Gasteiger partial charge in [-0.1, -0.05) is 0 Å². The number of aromatic nitrogens is 5. The van der Waals surface area contributed by atoms with E-state index in [9.17, 15) is 4.79 Å². The number of rotatable bonds is 3. The van der Waals surface area contributed by atoms with Crippen LogP contribution >= 0.6 is 0 Å². The van der Waals surface area contributed by atoms with Crippen LogP contribution in [0.1, 0.15) is 11.4 Å². The molecule has 8 heteroatoms. The van der Waals surface area contributed by atoms with Crippen LogP contribution in [0.3, 0.4) is 0 Å². The third kappa shape index (κ3) is 2.88. The number of nitrogens with one attached hydrogen (secondary N) is 1. The molecule has 3 aromatic heterocycles. The van der Waals surface area contributed by atoms with Crippen LogP contribution in [0.2, 0.25) is 0 Å². The maximum absolute atomic E-state index is 12.1. The van der Waals surface area contributed by atoms with Gasteiger partial charge in [0.05, 0.1) is 5.69 Å². The average molecular weight is 325 g/mol. The van der Waals surface area contributed by atoms with Crippen molar-refractivity contribution in [3.8, 4) is 0 Å². The molecule has 0 radical (unpaired) electrons. The van der Waals surface area contributed by atoms with Crippen LogP contribution in [0, 0.1) is 6.92 Å². The molecule has 4 heterocycles. The lowest BCUT2D eigenvalue weighted by molar-refractivity contribution is 0.246. The van der Waals surface area contributed by atoms with Gasteiger partial charge < -0.3 is 4.90 Å². The number of hydrogen-bond donors (Lipinski definition) is 1. The van der Waals surface area contributed by atoms with Crippen LogP contribution in [0.25, 0.3) is 5.65 Å². The lowest BCUT2D eigenvalue weighted by atomic mass is 10.3. The largest absolute Gasteiger partial charge is 0.338 e. The molecule has 124 valence electrons. The number of aryl methyl sites for hydroxylation is 1. The molecule has 0 spiro atoms. The predicted molar refractivity (Wildman–Crippen MR) is 90.1 cm³/mol. The fraction of sp³-hybridized carbons (Fsp3) is 0.375. The van der Waals surface area contributed by atoms with E-state index >= 15 is 0 Å². The Labute approximate surface area is 138 Å². The van der Waals surface area contributed by atoms with Crippen molar-refractivity contribution in [2.24, 2.45) is 0 Å². The number of aromatic amines is 1.